The van der Waals surface area contributed by atoms with Gasteiger partial charge in [-0.15, -0.1) is 0 Å². The number of nitrogens with one attached hydrogen (secondary N) is 2. The molecule has 0 aliphatic carbocycles. The number of halogens is 1. The van der Waals surface area contributed by atoms with Crippen molar-refractivity contribution in [3.05, 3.63) is 29.8 Å². The number of rotatable bonds is 4. The zero-order valence-electron chi connectivity index (χ0n) is 12.5. The molecular weight excluding hydrogens is 271 g/mol. The van der Waals surface area contributed by atoms with Gasteiger partial charge in [0.25, 0.3) is 0 Å². The van der Waals surface area contributed by atoms with Crippen LogP contribution in [0, 0.1) is 11.2 Å². The van der Waals surface area contributed by atoms with Gasteiger partial charge in [0.2, 0.25) is 5.91 Å². The van der Waals surface area contributed by atoms with Gasteiger partial charge in [-0.25, -0.2) is 9.37 Å². The van der Waals surface area contributed by atoms with Crippen molar-refractivity contribution in [1.82, 2.24) is 15.3 Å². The number of nitrogens with two attached hydrogens (primary N) is 1. The van der Waals surface area contributed by atoms with Gasteiger partial charge in [-0.3, -0.25) is 4.79 Å². The number of H-pyrrole nitrogens is 1. The zero-order valence-corrected chi connectivity index (χ0v) is 12.5. The Bertz CT molecular complexity index is 645. The van der Waals surface area contributed by atoms with E-state index in [1.807, 2.05) is 20.8 Å². The lowest BCUT2D eigenvalue weighted by Crippen LogP contribution is -2.49. The van der Waals surface area contributed by atoms with E-state index in [2.05, 4.69) is 15.3 Å². The number of carbonyl (C=O) groups excluding carboxylic acids is 1. The van der Waals surface area contributed by atoms with E-state index in [9.17, 15) is 9.18 Å². The number of aromatic amines is 1. The molecule has 0 aliphatic rings. The molecule has 2 aromatic rings. The van der Waals surface area contributed by atoms with E-state index in [4.69, 9.17) is 5.73 Å². The molecule has 1 aromatic heterocycles. The summed E-state index contributed by atoms with van der Waals surface area (Å²) in [5, 5.41) is 2.80. The summed E-state index contributed by atoms with van der Waals surface area (Å²) >= 11 is 0. The Morgan fingerprint density at radius 2 is 2.19 bits per heavy atom. The largest absolute Gasteiger partial charge is 0.354 e. The van der Waals surface area contributed by atoms with Gasteiger partial charge in [0.15, 0.2) is 0 Å². The third kappa shape index (κ3) is 3.78. The quantitative estimate of drug-likeness (QED) is 0.802. The molecule has 0 saturated carbocycles. The first-order chi connectivity index (χ1) is 9.77. The van der Waals surface area contributed by atoms with Gasteiger partial charge in [0, 0.05) is 13.0 Å². The van der Waals surface area contributed by atoms with Crippen LogP contribution in [0.4, 0.5) is 4.39 Å². The van der Waals surface area contributed by atoms with Crippen LogP contribution in [0.5, 0.6) is 0 Å². The SMILES string of the molecule is CC(C)(C)[C@H](N)C(=O)NCCc1nc2ccc(F)cc2[nH]1. The minimum atomic E-state index is -0.553. The molecule has 114 valence electrons. The lowest BCUT2D eigenvalue weighted by molar-refractivity contribution is -0.124. The van der Waals surface area contributed by atoms with Crippen LogP contribution in [0.2, 0.25) is 0 Å². The second kappa shape index (κ2) is 5.81. The minimum absolute atomic E-state index is 0.176. The second-order valence-electron chi connectivity index (χ2n) is 6.23. The molecule has 2 rings (SSSR count). The van der Waals surface area contributed by atoms with Crippen molar-refractivity contribution in [3.63, 3.8) is 0 Å². The van der Waals surface area contributed by atoms with Crippen molar-refractivity contribution in [2.45, 2.75) is 33.2 Å². The molecule has 4 N–H and O–H groups in total. The predicted octanol–water partition coefficient (Wildman–Crippen LogP) is 1.73. The van der Waals surface area contributed by atoms with E-state index in [0.29, 0.717) is 29.8 Å². The molecule has 0 aliphatic heterocycles. The Morgan fingerprint density at radius 1 is 1.48 bits per heavy atom. The van der Waals surface area contributed by atoms with Gasteiger partial charge >= 0.3 is 0 Å². The van der Waals surface area contributed by atoms with Crippen molar-refractivity contribution in [3.8, 4) is 0 Å². The van der Waals surface area contributed by atoms with Crippen molar-refractivity contribution < 1.29 is 9.18 Å². The first-order valence-electron chi connectivity index (χ1n) is 6.95. The fourth-order valence-electron chi connectivity index (χ4n) is 1.96. The van der Waals surface area contributed by atoms with Crippen LogP contribution in [0.15, 0.2) is 18.2 Å². The zero-order chi connectivity index (χ0) is 15.6. The number of fused-ring (bicyclic) bond motifs is 1. The molecule has 5 nitrogen and oxygen atoms in total. The van der Waals surface area contributed by atoms with Crippen LogP contribution in [-0.2, 0) is 11.2 Å². The summed E-state index contributed by atoms with van der Waals surface area (Å²) in [4.78, 5) is 19.3. The average Bonchev–Trinajstić information content (AvgIpc) is 2.78. The smallest absolute Gasteiger partial charge is 0.237 e. The summed E-state index contributed by atoms with van der Waals surface area (Å²) in [6.07, 6.45) is 0.541. The highest BCUT2D eigenvalue weighted by Crippen LogP contribution is 2.17. The van der Waals surface area contributed by atoms with E-state index in [0.717, 1.165) is 0 Å². The molecule has 0 spiro atoms. The monoisotopic (exact) mass is 292 g/mol. The van der Waals surface area contributed by atoms with Crippen LogP contribution in [0.3, 0.4) is 0 Å². The van der Waals surface area contributed by atoms with Crippen molar-refractivity contribution in [2.75, 3.05) is 6.54 Å². The second-order valence-corrected chi connectivity index (χ2v) is 6.23. The molecule has 0 unspecified atom stereocenters. The lowest BCUT2D eigenvalue weighted by atomic mass is 9.87. The predicted molar refractivity (Wildman–Crippen MR) is 80.2 cm³/mol. The van der Waals surface area contributed by atoms with E-state index in [-0.39, 0.29) is 17.1 Å². The number of carbonyl (C=O) groups is 1. The highest BCUT2D eigenvalue weighted by molar-refractivity contribution is 5.82. The van der Waals surface area contributed by atoms with Crippen LogP contribution < -0.4 is 11.1 Å². The standard InChI is InChI=1S/C15H21FN4O/c1-15(2,3)13(17)14(21)18-7-6-12-19-10-5-4-9(16)8-11(10)20-12/h4-5,8,13H,6-7,17H2,1-3H3,(H,18,21)(H,19,20)/t13-/m1/s1. The Hall–Kier alpha value is -1.95. The summed E-state index contributed by atoms with van der Waals surface area (Å²) < 4.78 is 13.1. The molecular formula is C15H21FN4O. The van der Waals surface area contributed by atoms with Crippen LogP contribution >= 0.6 is 0 Å². The highest BCUT2D eigenvalue weighted by atomic mass is 19.1. The molecule has 1 aromatic carbocycles. The molecule has 21 heavy (non-hydrogen) atoms. The van der Waals surface area contributed by atoms with Gasteiger partial charge in [0.1, 0.15) is 11.6 Å². The van der Waals surface area contributed by atoms with Gasteiger partial charge in [-0.2, -0.15) is 0 Å². The number of hydrogen-bond donors (Lipinski definition) is 3. The Kier molecular flexibility index (Phi) is 4.27. The number of nitrogens with zero attached hydrogens (tertiary/aromatic N) is 1. The maximum Gasteiger partial charge on any atom is 0.237 e. The molecule has 0 radical (unpaired) electrons. The molecule has 0 bridgehead atoms. The first-order valence-corrected chi connectivity index (χ1v) is 6.95. The van der Waals surface area contributed by atoms with Crippen LogP contribution in [0.1, 0.15) is 26.6 Å². The number of hydrogen-bond acceptors (Lipinski definition) is 3. The molecule has 6 heteroatoms. The summed E-state index contributed by atoms with van der Waals surface area (Å²) in [6.45, 7) is 6.20. The van der Waals surface area contributed by atoms with Gasteiger partial charge in [0.05, 0.1) is 17.1 Å². The van der Waals surface area contributed by atoms with Crippen LogP contribution in [0.25, 0.3) is 11.0 Å². The topological polar surface area (TPSA) is 83.8 Å². The maximum atomic E-state index is 13.1. The molecule has 0 saturated heterocycles. The molecule has 1 atom stereocenters. The number of aromatic nitrogens is 2. The first kappa shape index (κ1) is 15.4. The van der Waals surface area contributed by atoms with E-state index in [1.54, 1.807) is 6.07 Å². The number of amides is 1. The molecule has 0 fully saturated rings. The summed E-state index contributed by atoms with van der Waals surface area (Å²) in [5.41, 5.74) is 6.97. The van der Waals surface area contributed by atoms with Crippen LogP contribution in [-0.4, -0.2) is 28.5 Å². The normalized spacial score (nSPS) is 13.4. The van der Waals surface area contributed by atoms with Crippen molar-refractivity contribution in [2.24, 2.45) is 11.1 Å². The molecule has 1 heterocycles. The van der Waals surface area contributed by atoms with Gasteiger partial charge < -0.3 is 16.0 Å². The number of benzene rings is 1. The lowest BCUT2D eigenvalue weighted by Gasteiger charge is -2.25. The Labute approximate surface area is 123 Å². The van der Waals surface area contributed by atoms with Crippen molar-refractivity contribution in [1.29, 1.82) is 0 Å². The summed E-state index contributed by atoms with van der Waals surface area (Å²) in [7, 11) is 0. The Morgan fingerprint density at radius 3 is 2.86 bits per heavy atom. The average molecular weight is 292 g/mol. The van der Waals surface area contributed by atoms with Gasteiger partial charge in [-0.1, -0.05) is 20.8 Å². The van der Waals surface area contributed by atoms with E-state index >= 15 is 0 Å². The third-order valence-corrected chi connectivity index (χ3v) is 3.37. The molecule has 1 amide bonds. The van der Waals surface area contributed by atoms with E-state index in [1.165, 1.54) is 12.1 Å². The fraction of sp³-hybridized carbons (Fsp3) is 0.467. The minimum Gasteiger partial charge on any atom is -0.354 e. The third-order valence-electron chi connectivity index (χ3n) is 3.37. The summed E-state index contributed by atoms with van der Waals surface area (Å²) in [5.74, 6) is 0.229. The fourth-order valence-corrected chi connectivity index (χ4v) is 1.96. The number of imidazole rings is 1. The van der Waals surface area contributed by atoms with Crippen molar-refractivity contribution >= 4 is 16.9 Å². The van der Waals surface area contributed by atoms with E-state index < -0.39 is 6.04 Å². The maximum absolute atomic E-state index is 13.1. The van der Waals surface area contributed by atoms with Gasteiger partial charge in [-0.05, 0) is 23.6 Å². The highest BCUT2D eigenvalue weighted by Gasteiger charge is 2.26. The Balaban J connectivity index is 1.92. The summed E-state index contributed by atoms with van der Waals surface area (Å²) in [6, 6.07) is 3.85.